The number of amides is 1. The predicted octanol–water partition coefficient (Wildman–Crippen LogP) is 0.608. The lowest BCUT2D eigenvalue weighted by Crippen LogP contribution is -2.60. The minimum absolute atomic E-state index is 0.123. The molecule has 0 aliphatic carbocycles. The molecule has 1 amide bonds. The lowest BCUT2D eigenvalue weighted by Gasteiger charge is -2.42. The van der Waals surface area contributed by atoms with Crippen LogP contribution in [0.3, 0.4) is 0 Å². The first-order valence-corrected chi connectivity index (χ1v) is 10.0. The van der Waals surface area contributed by atoms with Gasteiger partial charge in [-0.3, -0.25) is 4.79 Å². The van der Waals surface area contributed by atoms with Crippen molar-refractivity contribution in [1.82, 2.24) is 5.32 Å². The first kappa shape index (κ1) is 25.1. The third-order valence-corrected chi connectivity index (χ3v) is 5.60. The molecule has 6 N–H and O–H groups in total. The highest BCUT2D eigenvalue weighted by Gasteiger charge is 2.48. The summed E-state index contributed by atoms with van der Waals surface area (Å²) < 4.78 is 46.9. The van der Waals surface area contributed by atoms with E-state index in [2.05, 4.69) is 5.32 Å². The number of ether oxygens (including phenoxy) is 1. The second-order valence-corrected chi connectivity index (χ2v) is 7.70. The Morgan fingerprint density at radius 1 is 1.06 bits per heavy atom. The van der Waals surface area contributed by atoms with E-state index in [1.807, 2.05) is 0 Å². The zero-order valence-corrected chi connectivity index (χ0v) is 17.4. The first-order valence-electron chi connectivity index (χ1n) is 10.0. The second-order valence-electron chi connectivity index (χ2n) is 7.70. The molecule has 0 bridgehead atoms. The van der Waals surface area contributed by atoms with Crippen LogP contribution in [0.5, 0.6) is 0 Å². The summed E-state index contributed by atoms with van der Waals surface area (Å²) in [5.74, 6) is -0.414. The maximum absolute atomic E-state index is 13.9. The molecular formula is C22H24F3NO7. The number of aliphatic hydroxyl groups is 5. The molecule has 1 fully saturated rings. The molecule has 33 heavy (non-hydrogen) atoms. The Kier molecular flexibility index (Phi) is 7.42. The molecule has 0 spiro atoms. The van der Waals surface area contributed by atoms with Crippen LogP contribution in [0.4, 0.5) is 13.2 Å². The van der Waals surface area contributed by atoms with Crippen LogP contribution in [0, 0.1) is 0 Å². The van der Waals surface area contributed by atoms with E-state index in [0.29, 0.717) is 5.56 Å². The van der Waals surface area contributed by atoms with Gasteiger partial charge in [0.05, 0.1) is 12.2 Å². The lowest BCUT2D eigenvalue weighted by molar-refractivity contribution is -0.250. The van der Waals surface area contributed by atoms with Crippen molar-refractivity contribution in [2.24, 2.45) is 0 Å². The largest absolute Gasteiger partial charge is 0.416 e. The molecule has 6 atom stereocenters. The van der Waals surface area contributed by atoms with E-state index in [4.69, 9.17) is 4.74 Å². The number of carbonyl (C=O) groups is 1. The number of rotatable bonds is 5. The van der Waals surface area contributed by atoms with Gasteiger partial charge in [0.1, 0.15) is 36.6 Å². The maximum Gasteiger partial charge on any atom is 0.416 e. The van der Waals surface area contributed by atoms with Crippen molar-refractivity contribution in [2.75, 3.05) is 13.7 Å². The molecule has 0 saturated carbocycles. The van der Waals surface area contributed by atoms with Crippen molar-refractivity contribution in [3.05, 3.63) is 59.2 Å². The minimum Gasteiger partial charge on any atom is -0.394 e. The van der Waals surface area contributed by atoms with Gasteiger partial charge in [0, 0.05) is 12.6 Å². The summed E-state index contributed by atoms with van der Waals surface area (Å²) in [4.78, 5) is 11.9. The van der Waals surface area contributed by atoms with Gasteiger partial charge in [0.2, 0.25) is 0 Å². The molecule has 2 aromatic carbocycles. The van der Waals surface area contributed by atoms with Crippen LogP contribution in [0.25, 0.3) is 11.1 Å². The Morgan fingerprint density at radius 3 is 2.33 bits per heavy atom. The highest BCUT2D eigenvalue weighted by molar-refractivity contribution is 5.95. The van der Waals surface area contributed by atoms with Crippen molar-refractivity contribution >= 4 is 5.91 Å². The molecule has 180 valence electrons. The minimum atomic E-state index is -4.90. The van der Waals surface area contributed by atoms with Crippen molar-refractivity contribution in [1.29, 1.82) is 0 Å². The SMILES string of the molecule is CNC(=O)c1cccc(-c2ccc([C@H](O)[C@H]3O[C@H](CO)[C@@H](O)[C@H](O)[C@@H]3O)c(C(F)(F)F)c2)c1. The number of alkyl halides is 3. The average molecular weight is 471 g/mol. The van der Waals surface area contributed by atoms with Crippen molar-refractivity contribution in [3.63, 3.8) is 0 Å². The van der Waals surface area contributed by atoms with Gasteiger partial charge < -0.3 is 35.6 Å². The summed E-state index contributed by atoms with van der Waals surface area (Å²) in [5, 5.41) is 52.4. The Morgan fingerprint density at radius 2 is 1.73 bits per heavy atom. The summed E-state index contributed by atoms with van der Waals surface area (Å²) in [5.41, 5.74) is -1.14. The van der Waals surface area contributed by atoms with Gasteiger partial charge in [-0.15, -0.1) is 0 Å². The van der Waals surface area contributed by atoms with Gasteiger partial charge in [0.25, 0.3) is 5.91 Å². The molecule has 1 aliphatic heterocycles. The summed E-state index contributed by atoms with van der Waals surface area (Å²) in [7, 11) is 1.42. The number of halogens is 3. The average Bonchev–Trinajstić information content (AvgIpc) is 2.81. The third kappa shape index (κ3) is 5.03. The topological polar surface area (TPSA) is 139 Å². The Bertz CT molecular complexity index is 998. The number of hydrogen-bond acceptors (Lipinski definition) is 7. The van der Waals surface area contributed by atoms with Gasteiger partial charge in [0.15, 0.2) is 0 Å². The van der Waals surface area contributed by atoms with Crippen molar-refractivity contribution in [3.8, 4) is 11.1 Å². The number of carbonyl (C=O) groups excluding carboxylic acids is 1. The number of benzene rings is 2. The van der Waals surface area contributed by atoms with E-state index in [1.165, 1.54) is 37.4 Å². The smallest absolute Gasteiger partial charge is 0.394 e. The summed E-state index contributed by atoms with van der Waals surface area (Å²) in [6.07, 6.45) is -15.6. The Hall–Kier alpha value is -2.54. The molecule has 8 nitrogen and oxygen atoms in total. The fourth-order valence-corrected chi connectivity index (χ4v) is 3.79. The summed E-state index contributed by atoms with van der Waals surface area (Å²) in [6.45, 7) is -0.791. The van der Waals surface area contributed by atoms with Crippen LogP contribution in [0.15, 0.2) is 42.5 Å². The van der Waals surface area contributed by atoms with Gasteiger partial charge in [-0.25, -0.2) is 0 Å². The van der Waals surface area contributed by atoms with Gasteiger partial charge >= 0.3 is 6.18 Å². The molecule has 2 aromatic rings. The molecule has 1 heterocycles. The highest BCUT2D eigenvalue weighted by Crippen LogP contribution is 2.40. The standard InChI is InChI=1S/C22H24F3NO7/c1-26-21(32)12-4-2-3-10(7-12)11-5-6-13(14(8-11)22(23,24)25)16(28)20-19(31)18(30)17(29)15(9-27)33-20/h2-8,15-20,27-31H,9H2,1H3,(H,26,32)/t15-,16+,17-,18+,19+,20-/m1/s1. The van der Waals surface area contributed by atoms with Crippen molar-refractivity contribution in [2.45, 2.75) is 42.8 Å². The maximum atomic E-state index is 13.9. The molecule has 1 aliphatic rings. The van der Waals surface area contributed by atoms with E-state index in [1.54, 1.807) is 0 Å². The summed E-state index contributed by atoms with van der Waals surface area (Å²) >= 11 is 0. The van der Waals surface area contributed by atoms with Gasteiger partial charge in [-0.1, -0.05) is 24.3 Å². The number of aliphatic hydroxyl groups excluding tert-OH is 5. The highest BCUT2D eigenvalue weighted by atomic mass is 19.4. The summed E-state index contributed by atoms with van der Waals surface area (Å²) in [6, 6.07) is 9.08. The van der Waals surface area contributed by atoms with Gasteiger partial charge in [-0.2, -0.15) is 13.2 Å². The van der Waals surface area contributed by atoms with Crippen LogP contribution >= 0.6 is 0 Å². The Balaban J connectivity index is 2.02. The molecule has 0 radical (unpaired) electrons. The fourth-order valence-electron chi connectivity index (χ4n) is 3.79. The molecular weight excluding hydrogens is 447 g/mol. The van der Waals surface area contributed by atoms with Crippen LogP contribution in [0.2, 0.25) is 0 Å². The monoisotopic (exact) mass is 471 g/mol. The van der Waals surface area contributed by atoms with E-state index in [9.17, 15) is 43.5 Å². The van der Waals surface area contributed by atoms with Crippen LogP contribution in [-0.2, 0) is 10.9 Å². The number of hydrogen-bond donors (Lipinski definition) is 6. The van der Waals surface area contributed by atoms with E-state index >= 15 is 0 Å². The molecule has 11 heteroatoms. The first-order chi connectivity index (χ1) is 15.5. The van der Waals surface area contributed by atoms with E-state index in [0.717, 1.165) is 12.1 Å². The van der Waals surface area contributed by atoms with Crippen LogP contribution in [-0.4, -0.2) is 75.6 Å². The van der Waals surface area contributed by atoms with Crippen LogP contribution < -0.4 is 5.32 Å². The predicted molar refractivity (Wildman–Crippen MR) is 109 cm³/mol. The van der Waals surface area contributed by atoms with Gasteiger partial charge in [-0.05, 0) is 34.9 Å². The number of nitrogens with one attached hydrogen (secondary N) is 1. The molecule has 0 aromatic heterocycles. The zero-order chi connectivity index (χ0) is 24.5. The molecule has 3 rings (SSSR count). The normalized spacial score (nSPS) is 26.6. The van der Waals surface area contributed by atoms with Crippen LogP contribution in [0.1, 0.15) is 27.6 Å². The van der Waals surface area contributed by atoms with E-state index in [-0.39, 0.29) is 11.1 Å². The lowest BCUT2D eigenvalue weighted by atomic mass is 9.87. The Labute approximate surface area is 186 Å². The second kappa shape index (κ2) is 9.75. The molecule has 1 saturated heterocycles. The zero-order valence-electron chi connectivity index (χ0n) is 17.4. The molecule has 0 unspecified atom stereocenters. The fraction of sp³-hybridized carbons (Fsp3) is 0.409. The third-order valence-electron chi connectivity index (χ3n) is 5.60. The quantitative estimate of drug-likeness (QED) is 0.376. The van der Waals surface area contributed by atoms with E-state index < -0.39 is 66.4 Å². The van der Waals surface area contributed by atoms with Crippen molar-refractivity contribution < 1.29 is 48.2 Å².